The summed E-state index contributed by atoms with van der Waals surface area (Å²) in [5.41, 5.74) is 6.61. The van der Waals surface area contributed by atoms with Gasteiger partial charge in [0, 0.05) is 25.6 Å². The Morgan fingerprint density at radius 2 is 2.05 bits per heavy atom. The number of para-hydroxylation sites is 1. The SMILES string of the molecule is CCNC(=O)C1CCN(C(=O)c2cccc(Cl)c2N)CC1. The number of nitrogens with zero attached hydrogens (tertiary/aromatic N) is 1. The molecule has 0 spiro atoms. The highest BCUT2D eigenvalue weighted by Crippen LogP contribution is 2.25. The van der Waals surface area contributed by atoms with Gasteiger partial charge in [0.2, 0.25) is 5.91 Å². The number of nitrogens with two attached hydrogens (primary N) is 1. The largest absolute Gasteiger partial charge is 0.397 e. The predicted octanol–water partition coefficient (Wildman–Crippen LogP) is 1.91. The van der Waals surface area contributed by atoms with Crippen LogP contribution in [0.25, 0.3) is 0 Å². The number of carbonyl (C=O) groups excluding carboxylic acids is 2. The number of hydrogen-bond acceptors (Lipinski definition) is 3. The molecule has 0 bridgehead atoms. The summed E-state index contributed by atoms with van der Waals surface area (Å²) < 4.78 is 0. The molecule has 5 nitrogen and oxygen atoms in total. The van der Waals surface area contributed by atoms with Crippen LogP contribution in [0, 0.1) is 5.92 Å². The molecule has 3 N–H and O–H groups in total. The standard InChI is InChI=1S/C15H20ClN3O2/c1-2-18-14(20)10-6-8-19(9-7-10)15(21)11-4-3-5-12(16)13(11)17/h3-5,10H,2,6-9,17H2,1H3,(H,18,20). The molecule has 0 radical (unpaired) electrons. The molecule has 0 unspecified atom stereocenters. The van der Waals surface area contributed by atoms with Crippen LogP contribution < -0.4 is 11.1 Å². The van der Waals surface area contributed by atoms with Crippen LogP contribution >= 0.6 is 11.6 Å². The second-order valence-electron chi connectivity index (χ2n) is 5.16. The summed E-state index contributed by atoms with van der Waals surface area (Å²) >= 11 is 5.95. The topological polar surface area (TPSA) is 75.4 Å². The minimum absolute atomic E-state index is 0.00860. The predicted molar refractivity (Wildman–Crippen MR) is 83.2 cm³/mol. The fraction of sp³-hybridized carbons (Fsp3) is 0.467. The van der Waals surface area contributed by atoms with E-state index < -0.39 is 0 Å². The molecule has 1 heterocycles. The van der Waals surface area contributed by atoms with Crippen LogP contribution in [0.5, 0.6) is 0 Å². The van der Waals surface area contributed by atoms with Gasteiger partial charge in [-0.3, -0.25) is 9.59 Å². The van der Waals surface area contributed by atoms with Gasteiger partial charge < -0.3 is 16.0 Å². The minimum atomic E-state index is -0.121. The molecule has 6 heteroatoms. The zero-order valence-corrected chi connectivity index (χ0v) is 12.8. The Labute approximate surface area is 129 Å². The molecule has 1 aromatic rings. The van der Waals surface area contributed by atoms with Crippen molar-refractivity contribution < 1.29 is 9.59 Å². The molecule has 0 atom stereocenters. The molecule has 2 amide bonds. The highest BCUT2D eigenvalue weighted by molar-refractivity contribution is 6.33. The van der Waals surface area contributed by atoms with E-state index >= 15 is 0 Å². The summed E-state index contributed by atoms with van der Waals surface area (Å²) in [6.07, 6.45) is 1.36. The van der Waals surface area contributed by atoms with Crippen LogP contribution in [-0.4, -0.2) is 36.3 Å². The number of amides is 2. The van der Waals surface area contributed by atoms with Crippen LogP contribution in [0.4, 0.5) is 5.69 Å². The first-order valence-corrected chi connectivity index (χ1v) is 7.53. The van der Waals surface area contributed by atoms with Gasteiger partial charge in [0.05, 0.1) is 16.3 Å². The lowest BCUT2D eigenvalue weighted by molar-refractivity contribution is -0.126. The summed E-state index contributed by atoms with van der Waals surface area (Å²) in [6.45, 7) is 3.66. The molecule has 21 heavy (non-hydrogen) atoms. The van der Waals surface area contributed by atoms with Crippen LogP contribution in [0.1, 0.15) is 30.1 Å². The fourth-order valence-corrected chi connectivity index (χ4v) is 2.73. The fourth-order valence-electron chi connectivity index (χ4n) is 2.56. The lowest BCUT2D eigenvalue weighted by Crippen LogP contribution is -2.43. The van der Waals surface area contributed by atoms with Crippen molar-refractivity contribution in [2.75, 3.05) is 25.4 Å². The van der Waals surface area contributed by atoms with Gasteiger partial charge in [-0.15, -0.1) is 0 Å². The third-order valence-corrected chi connectivity index (χ3v) is 4.12. The number of likely N-dealkylation sites (tertiary alicyclic amines) is 1. The van der Waals surface area contributed by atoms with E-state index in [1.54, 1.807) is 23.1 Å². The zero-order chi connectivity index (χ0) is 15.4. The number of nitrogens with one attached hydrogen (secondary N) is 1. The molecular weight excluding hydrogens is 290 g/mol. The molecular formula is C15H20ClN3O2. The van der Waals surface area contributed by atoms with E-state index in [0.29, 0.717) is 48.7 Å². The number of benzene rings is 1. The normalized spacial score (nSPS) is 15.8. The number of anilines is 1. The summed E-state index contributed by atoms with van der Waals surface area (Å²) in [6, 6.07) is 5.06. The summed E-state index contributed by atoms with van der Waals surface area (Å²) in [5, 5.41) is 3.21. The summed E-state index contributed by atoms with van der Waals surface area (Å²) in [4.78, 5) is 26.0. The van der Waals surface area contributed by atoms with Gasteiger partial charge in [0.15, 0.2) is 0 Å². The maximum absolute atomic E-state index is 12.5. The van der Waals surface area contributed by atoms with Crippen molar-refractivity contribution in [1.29, 1.82) is 0 Å². The van der Waals surface area contributed by atoms with Crippen LogP contribution in [0.3, 0.4) is 0 Å². The van der Waals surface area contributed by atoms with E-state index in [0.717, 1.165) is 0 Å². The second-order valence-corrected chi connectivity index (χ2v) is 5.57. The van der Waals surface area contributed by atoms with Gasteiger partial charge >= 0.3 is 0 Å². The van der Waals surface area contributed by atoms with Crippen LogP contribution in [0.15, 0.2) is 18.2 Å². The Morgan fingerprint density at radius 3 is 2.67 bits per heavy atom. The third-order valence-electron chi connectivity index (χ3n) is 3.79. The van der Waals surface area contributed by atoms with Gasteiger partial charge in [-0.1, -0.05) is 17.7 Å². The van der Waals surface area contributed by atoms with Gasteiger partial charge in [0.25, 0.3) is 5.91 Å². The van der Waals surface area contributed by atoms with E-state index in [1.165, 1.54) is 0 Å². The Hall–Kier alpha value is -1.75. The number of carbonyl (C=O) groups is 2. The van der Waals surface area contributed by atoms with Crippen molar-refractivity contribution in [1.82, 2.24) is 10.2 Å². The van der Waals surface area contributed by atoms with Crippen molar-refractivity contribution in [2.45, 2.75) is 19.8 Å². The minimum Gasteiger partial charge on any atom is -0.397 e. The molecule has 0 aromatic heterocycles. The van der Waals surface area contributed by atoms with E-state index in [2.05, 4.69) is 5.32 Å². The average molecular weight is 310 g/mol. The number of hydrogen-bond donors (Lipinski definition) is 2. The van der Waals surface area contributed by atoms with Gasteiger partial charge in [-0.2, -0.15) is 0 Å². The Kier molecular flexibility index (Phi) is 5.07. The molecule has 114 valence electrons. The Bertz CT molecular complexity index is 540. The highest BCUT2D eigenvalue weighted by Gasteiger charge is 2.28. The van der Waals surface area contributed by atoms with Gasteiger partial charge in [-0.25, -0.2) is 0 Å². The molecule has 1 saturated heterocycles. The Morgan fingerprint density at radius 1 is 1.38 bits per heavy atom. The number of piperidine rings is 1. The van der Waals surface area contributed by atoms with Gasteiger partial charge in [0.1, 0.15) is 0 Å². The molecule has 0 aliphatic carbocycles. The lowest BCUT2D eigenvalue weighted by atomic mass is 9.95. The van der Waals surface area contributed by atoms with Crippen molar-refractivity contribution in [3.63, 3.8) is 0 Å². The van der Waals surface area contributed by atoms with Crippen molar-refractivity contribution in [3.8, 4) is 0 Å². The average Bonchev–Trinajstić information content (AvgIpc) is 2.50. The first-order valence-electron chi connectivity index (χ1n) is 7.15. The number of rotatable bonds is 3. The quantitative estimate of drug-likeness (QED) is 0.838. The monoisotopic (exact) mass is 309 g/mol. The lowest BCUT2D eigenvalue weighted by Gasteiger charge is -2.31. The van der Waals surface area contributed by atoms with Crippen molar-refractivity contribution in [2.24, 2.45) is 5.92 Å². The first-order chi connectivity index (χ1) is 10.0. The number of nitrogen functional groups attached to an aromatic ring is 1. The summed E-state index contributed by atoms with van der Waals surface area (Å²) in [7, 11) is 0. The number of halogens is 1. The maximum Gasteiger partial charge on any atom is 0.255 e. The molecule has 2 rings (SSSR count). The molecule has 1 aromatic carbocycles. The van der Waals surface area contributed by atoms with E-state index in [1.807, 2.05) is 6.92 Å². The third kappa shape index (κ3) is 3.47. The molecule has 1 fully saturated rings. The van der Waals surface area contributed by atoms with E-state index in [-0.39, 0.29) is 17.7 Å². The van der Waals surface area contributed by atoms with Crippen LogP contribution in [0.2, 0.25) is 5.02 Å². The smallest absolute Gasteiger partial charge is 0.255 e. The summed E-state index contributed by atoms with van der Waals surface area (Å²) in [5.74, 6) is -0.0538. The molecule has 0 saturated carbocycles. The highest BCUT2D eigenvalue weighted by atomic mass is 35.5. The molecule has 1 aliphatic heterocycles. The maximum atomic E-state index is 12.5. The van der Waals surface area contributed by atoms with Gasteiger partial charge in [-0.05, 0) is 31.9 Å². The zero-order valence-electron chi connectivity index (χ0n) is 12.1. The van der Waals surface area contributed by atoms with Crippen molar-refractivity contribution >= 4 is 29.1 Å². The van der Waals surface area contributed by atoms with Crippen molar-refractivity contribution in [3.05, 3.63) is 28.8 Å². The second kappa shape index (κ2) is 6.80. The molecule has 1 aliphatic rings. The van der Waals surface area contributed by atoms with E-state index in [9.17, 15) is 9.59 Å². The Balaban J connectivity index is 2.00. The van der Waals surface area contributed by atoms with Crippen LogP contribution in [-0.2, 0) is 4.79 Å². The first kappa shape index (κ1) is 15.6. The van der Waals surface area contributed by atoms with E-state index in [4.69, 9.17) is 17.3 Å².